The van der Waals surface area contributed by atoms with E-state index in [-0.39, 0.29) is 11.7 Å². The van der Waals surface area contributed by atoms with E-state index in [0.717, 1.165) is 41.8 Å². The summed E-state index contributed by atoms with van der Waals surface area (Å²) in [7, 11) is 5.75. The number of carbonyl (C=O) groups excluding carboxylic acids is 1. The second-order valence-corrected chi connectivity index (χ2v) is 9.51. The van der Waals surface area contributed by atoms with Gasteiger partial charge in [-0.3, -0.25) is 4.79 Å². The minimum absolute atomic E-state index is 0.289. The van der Waals surface area contributed by atoms with E-state index in [4.69, 9.17) is 4.74 Å². The maximum Gasteiger partial charge on any atom is 0.247 e. The number of aromatic nitrogens is 2. The zero-order chi connectivity index (χ0) is 26.8. The molecule has 0 radical (unpaired) electrons. The number of carbonyl (C=O) groups is 1. The first-order valence-electron chi connectivity index (χ1n) is 12.4. The van der Waals surface area contributed by atoms with Crippen LogP contribution >= 0.6 is 0 Å². The van der Waals surface area contributed by atoms with E-state index in [1.807, 2.05) is 48.0 Å². The van der Waals surface area contributed by atoms with Gasteiger partial charge >= 0.3 is 0 Å². The van der Waals surface area contributed by atoms with Crippen molar-refractivity contribution in [3.05, 3.63) is 79.5 Å². The molecule has 8 nitrogen and oxygen atoms in total. The van der Waals surface area contributed by atoms with Gasteiger partial charge in [0.2, 0.25) is 5.91 Å². The normalized spacial score (nSPS) is 15.4. The molecule has 1 aliphatic rings. The number of nitrogens with one attached hydrogen (secondary N) is 2. The lowest BCUT2D eigenvalue weighted by Gasteiger charge is -2.29. The molecule has 38 heavy (non-hydrogen) atoms. The van der Waals surface area contributed by atoms with Crippen LogP contribution < -0.4 is 20.3 Å². The molecule has 4 aromatic rings. The predicted molar refractivity (Wildman–Crippen MR) is 150 cm³/mol. The first-order valence-corrected chi connectivity index (χ1v) is 12.4. The van der Waals surface area contributed by atoms with Crippen LogP contribution in [0.15, 0.2) is 73.7 Å². The highest BCUT2D eigenvalue weighted by molar-refractivity contribution is 6.02. The monoisotopic (exact) mass is 514 g/mol. The Balaban J connectivity index is 1.52. The molecule has 2 aromatic heterocycles. The van der Waals surface area contributed by atoms with Crippen LogP contribution in [0.3, 0.4) is 0 Å². The molecular formula is C29H31FN6O2. The molecular weight excluding hydrogens is 483 g/mol. The van der Waals surface area contributed by atoms with E-state index in [0.29, 0.717) is 29.0 Å². The number of ether oxygens (including phenoxy) is 1. The molecule has 2 N–H and O–H groups in total. The fraction of sp³-hybridized carbons (Fsp3) is 0.241. The van der Waals surface area contributed by atoms with Crippen LogP contribution in [0.5, 0.6) is 5.75 Å². The Kier molecular flexibility index (Phi) is 7.02. The number of likely N-dealkylation sites (tertiary alicyclic amines) is 1. The van der Waals surface area contributed by atoms with Gasteiger partial charge in [-0.05, 0) is 55.9 Å². The first-order chi connectivity index (χ1) is 18.4. The largest absolute Gasteiger partial charge is 0.494 e. The summed E-state index contributed by atoms with van der Waals surface area (Å²) < 4.78 is 21.5. The van der Waals surface area contributed by atoms with Gasteiger partial charge in [-0.25, -0.2) is 9.37 Å². The Labute approximate surface area is 221 Å². The molecule has 1 saturated heterocycles. The Hall–Kier alpha value is -4.37. The molecule has 3 heterocycles. The maximum atomic E-state index is 13.9. The zero-order valence-electron chi connectivity index (χ0n) is 21.7. The molecule has 1 aliphatic heterocycles. The van der Waals surface area contributed by atoms with E-state index >= 15 is 0 Å². The molecule has 2 aromatic carbocycles. The van der Waals surface area contributed by atoms with Gasteiger partial charge in [0.05, 0.1) is 29.7 Å². The average molecular weight is 515 g/mol. The molecule has 0 saturated carbocycles. The fourth-order valence-electron chi connectivity index (χ4n) is 4.95. The maximum absolute atomic E-state index is 13.9. The van der Waals surface area contributed by atoms with Crippen molar-refractivity contribution in [3.63, 3.8) is 0 Å². The van der Waals surface area contributed by atoms with Crippen LogP contribution in [-0.2, 0) is 4.79 Å². The zero-order valence-corrected chi connectivity index (χ0v) is 21.7. The molecule has 1 fully saturated rings. The van der Waals surface area contributed by atoms with Crippen molar-refractivity contribution in [1.29, 1.82) is 0 Å². The average Bonchev–Trinajstić information content (AvgIpc) is 3.54. The lowest BCUT2D eigenvalue weighted by atomic mass is 10.1. The molecule has 196 valence electrons. The number of methoxy groups -OCH3 is 1. The van der Waals surface area contributed by atoms with E-state index in [1.54, 1.807) is 19.5 Å². The highest BCUT2D eigenvalue weighted by atomic mass is 19.1. The summed E-state index contributed by atoms with van der Waals surface area (Å²) in [6.45, 7) is 5.55. The summed E-state index contributed by atoms with van der Waals surface area (Å²) in [6, 6.07) is 14.4. The highest BCUT2D eigenvalue weighted by Gasteiger charge is 2.26. The minimum atomic E-state index is -0.299. The summed E-state index contributed by atoms with van der Waals surface area (Å²) in [5.41, 5.74) is 4.67. The summed E-state index contributed by atoms with van der Waals surface area (Å²) in [4.78, 5) is 21.3. The van der Waals surface area contributed by atoms with Gasteiger partial charge in [-0.15, -0.1) is 0 Å². The third-order valence-electron chi connectivity index (χ3n) is 7.00. The second kappa shape index (κ2) is 10.5. The van der Waals surface area contributed by atoms with Crippen LogP contribution in [0.4, 0.5) is 27.3 Å². The fourth-order valence-corrected chi connectivity index (χ4v) is 4.95. The lowest BCUT2D eigenvalue weighted by Crippen LogP contribution is -2.34. The highest BCUT2D eigenvalue weighted by Crippen LogP contribution is 2.39. The van der Waals surface area contributed by atoms with Crippen molar-refractivity contribution < 1.29 is 13.9 Å². The van der Waals surface area contributed by atoms with Crippen molar-refractivity contribution in [2.75, 3.05) is 49.8 Å². The van der Waals surface area contributed by atoms with Crippen molar-refractivity contribution in [3.8, 4) is 16.9 Å². The van der Waals surface area contributed by atoms with Crippen molar-refractivity contribution in [2.45, 2.75) is 12.5 Å². The summed E-state index contributed by atoms with van der Waals surface area (Å²) in [6.07, 6.45) is 5.87. The van der Waals surface area contributed by atoms with Gasteiger partial charge < -0.3 is 29.6 Å². The number of anilines is 4. The Morgan fingerprint density at radius 2 is 2.08 bits per heavy atom. The number of amides is 1. The number of nitrogens with zero attached hydrogens (tertiary/aromatic N) is 4. The second-order valence-electron chi connectivity index (χ2n) is 9.51. The van der Waals surface area contributed by atoms with Crippen LogP contribution in [0.25, 0.3) is 16.6 Å². The molecule has 0 spiro atoms. The summed E-state index contributed by atoms with van der Waals surface area (Å²) in [5.74, 6) is 0.595. The molecule has 0 bridgehead atoms. The molecule has 5 rings (SSSR count). The SMILES string of the molecule is C=CC(=O)Nc1cc(Nc2cc3c(-c4cccc(F)c4)ccn3cn2)c(OC)cc1N(C)C1CCN(C)C1. The first kappa shape index (κ1) is 25.3. The molecule has 1 amide bonds. The number of fused-ring (bicyclic) bond motifs is 1. The van der Waals surface area contributed by atoms with E-state index in [1.165, 1.54) is 18.2 Å². The molecule has 1 unspecified atom stereocenters. The topological polar surface area (TPSA) is 74.1 Å². The van der Waals surface area contributed by atoms with Gasteiger partial charge in [0.25, 0.3) is 0 Å². The third-order valence-corrected chi connectivity index (χ3v) is 7.00. The van der Waals surface area contributed by atoms with Gasteiger partial charge in [0.15, 0.2) is 0 Å². The van der Waals surface area contributed by atoms with E-state index in [9.17, 15) is 9.18 Å². The third kappa shape index (κ3) is 5.05. The van der Waals surface area contributed by atoms with Gasteiger partial charge in [-0.2, -0.15) is 0 Å². The van der Waals surface area contributed by atoms with Gasteiger partial charge in [0, 0.05) is 43.5 Å². The minimum Gasteiger partial charge on any atom is -0.494 e. The van der Waals surface area contributed by atoms with Gasteiger partial charge in [0.1, 0.15) is 23.7 Å². The van der Waals surface area contributed by atoms with Crippen LogP contribution in [0.2, 0.25) is 0 Å². The van der Waals surface area contributed by atoms with Gasteiger partial charge in [-0.1, -0.05) is 18.7 Å². The standard InChI is InChI=1S/C29H31FN6O2/c1-5-29(37)33-23-14-24(27(38-4)15-26(23)35(3)21-9-11-34(2)17-21)32-28-16-25-22(10-12-36(25)18-31-28)19-7-6-8-20(30)13-19/h5-8,10,12-16,18,21,32H,1,9,11,17H2,2-4H3,(H,33,37). The smallest absolute Gasteiger partial charge is 0.247 e. The van der Waals surface area contributed by atoms with Crippen LogP contribution in [-0.4, -0.2) is 60.5 Å². The quantitative estimate of drug-likeness (QED) is 0.317. The lowest BCUT2D eigenvalue weighted by molar-refractivity contribution is -0.111. The Bertz CT molecular complexity index is 1500. The van der Waals surface area contributed by atoms with Crippen molar-refractivity contribution in [2.24, 2.45) is 0 Å². The Morgan fingerprint density at radius 1 is 1.24 bits per heavy atom. The number of halogens is 1. The number of rotatable bonds is 8. The number of hydrogen-bond donors (Lipinski definition) is 2. The Morgan fingerprint density at radius 3 is 2.79 bits per heavy atom. The van der Waals surface area contributed by atoms with Crippen molar-refractivity contribution in [1.82, 2.24) is 14.3 Å². The van der Waals surface area contributed by atoms with E-state index < -0.39 is 0 Å². The van der Waals surface area contributed by atoms with Crippen LogP contribution in [0, 0.1) is 5.82 Å². The van der Waals surface area contributed by atoms with Crippen molar-refractivity contribution >= 4 is 34.3 Å². The number of hydrogen-bond acceptors (Lipinski definition) is 6. The molecule has 1 atom stereocenters. The predicted octanol–water partition coefficient (Wildman–Crippen LogP) is 5.16. The van der Waals surface area contributed by atoms with Crippen LogP contribution in [0.1, 0.15) is 6.42 Å². The molecule has 0 aliphatic carbocycles. The summed E-state index contributed by atoms with van der Waals surface area (Å²) in [5, 5.41) is 6.29. The number of benzene rings is 2. The molecule has 9 heteroatoms. The van der Waals surface area contributed by atoms with E-state index in [2.05, 4.69) is 39.0 Å². The number of likely N-dealkylation sites (N-methyl/N-ethyl adjacent to an activating group) is 2. The summed E-state index contributed by atoms with van der Waals surface area (Å²) >= 11 is 0.